The Kier molecular flexibility index (Phi) is 5.53. The quantitative estimate of drug-likeness (QED) is 0.322. The van der Waals surface area contributed by atoms with Crippen LogP contribution in [0, 0.1) is 0 Å². The second-order valence-electron chi connectivity index (χ2n) is 6.78. The molecule has 0 spiro atoms. The fourth-order valence-electron chi connectivity index (χ4n) is 2.99. The van der Waals surface area contributed by atoms with Crippen LogP contribution >= 0.6 is 15.9 Å². The summed E-state index contributed by atoms with van der Waals surface area (Å²) in [6.07, 6.45) is 1.76. The number of fused-ring (bicyclic) bond motifs is 1. The Morgan fingerprint density at radius 2 is 1.69 bits per heavy atom. The molecule has 29 heavy (non-hydrogen) atoms. The van der Waals surface area contributed by atoms with E-state index in [1.807, 2.05) is 74.8 Å². The van der Waals surface area contributed by atoms with Gasteiger partial charge in [0.05, 0.1) is 17.4 Å². The molecule has 0 saturated carbocycles. The molecule has 0 unspecified atom stereocenters. The standard InChI is InChI=1S/C23H20BrN5/c1-29(2)19-11-8-16(9-12-19)15-25-28-23-26-21-13-10-18(24)14-20(21)22(27-23)17-6-4-3-5-7-17/h3-15H,1-2H3,(H,26,27,28)/b25-15-. The summed E-state index contributed by atoms with van der Waals surface area (Å²) in [6, 6.07) is 24.2. The van der Waals surface area contributed by atoms with Crippen molar-refractivity contribution in [1.29, 1.82) is 0 Å². The molecule has 0 bridgehead atoms. The minimum atomic E-state index is 0.458. The van der Waals surface area contributed by atoms with Gasteiger partial charge >= 0.3 is 0 Å². The third kappa shape index (κ3) is 4.43. The molecule has 0 aliphatic heterocycles. The first-order valence-electron chi connectivity index (χ1n) is 9.19. The van der Waals surface area contributed by atoms with Crippen LogP contribution in [0.3, 0.4) is 0 Å². The lowest BCUT2D eigenvalue weighted by Gasteiger charge is -2.11. The highest BCUT2D eigenvalue weighted by atomic mass is 79.9. The van der Waals surface area contributed by atoms with Crippen molar-refractivity contribution in [1.82, 2.24) is 9.97 Å². The minimum absolute atomic E-state index is 0.458. The molecular formula is C23H20BrN5. The van der Waals surface area contributed by atoms with E-state index in [-0.39, 0.29) is 0 Å². The van der Waals surface area contributed by atoms with Crippen molar-refractivity contribution in [3.05, 3.63) is 82.8 Å². The maximum absolute atomic E-state index is 4.72. The predicted octanol–water partition coefficient (Wildman–Crippen LogP) is 5.57. The molecule has 0 amide bonds. The molecule has 0 atom stereocenters. The number of nitrogens with one attached hydrogen (secondary N) is 1. The first-order chi connectivity index (χ1) is 14.1. The van der Waals surface area contributed by atoms with Crippen molar-refractivity contribution in [3.8, 4) is 11.3 Å². The maximum Gasteiger partial charge on any atom is 0.244 e. The number of aromatic nitrogens is 2. The molecule has 0 aliphatic rings. The van der Waals surface area contributed by atoms with Gasteiger partial charge in [0.2, 0.25) is 5.95 Å². The van der Waals surface area contributed by atoms with E-state index in [2.05, 4.69) is 48.5 Å². The Labute approximate surface area is 178 Å². The van der Waals surface area contributed by atoms with Gasteiger partial charge in [-0.2, -0.15) is 5.10 Å². The summed E-state index contributed by atoms with van der Waals surface area (Å²) in [5, 5.41) is 5.31. The van der Waals surface area contributed by atoms with Crippen LogP contribution in [0.15, 0.2) is 82.4 Å². The van der Waals surface area contributed by atoms with E-state index >= 15 is 0 Å². The van der Waals surface area contributed by atoms with Crippen LogP contribution in [0.2, 0.25) is 0 Å². The molecule has 5 nitrogen and oxygen atoms in total. The van der Waals surface area contributed by atoms with Crippen LogP contribution < -0.4 is 10.3 Å². The van der Waals surface area contributed by atoms with Gasteiger partial charge in [-0.3, -0.25) is 0 Å². The number of hydrogen-bond acceptors (Lipinski definition) is 5. The van der Waals surface area contributed by atoms with Crippen LogP contribution in [0.1, 0.15) is 5.56 Å². The maximum atomic E-state index is 4.72. The van der Waals surface area contributed by atoms with Crippen LogP contribution in [0.4, 0.5) is 11.6 Å². The summed E-state index contributed by atoms with van der Waals surface area (Å²) in [7, 11) is 4.04. The molecule has 6 heteroatoms. The summed E-state index contributed by atoms with van der Waals surface area (Å²) < 4.78 is 0.991. The Balaban J connectivity index is 1.65. The molecule has 0 aliphatic carbocycles. The van der Waals surface area contributed by atoms with Gasteiger partial charge in [-0.15, -0.1) is 0 Å². The number of nitrogens with zero attached hydrogens (tertiary/aromatic N) is 4. The van der Waals surface area contributed by atoms with Gasteiger partial charge < -0.3 is 4.90 Å². The van der Waals surface area contributed by atoms with Crippen molar-refractivity contribution in [2.24, 2.45) is 5.10 Å². The molecule has 144 valence electrons. The zero-order valence-corrected chi connectivity index (χ0v) is 17.8. The number of hydrogen-bond donors (Lipinski definition) is 1. The summed E-state index contributed by atoms with van der Waals surface area (Å²) >= 11 is 3.54. The molecule has 4 rings (SSSR count). The fraction of sp³-hybridized carbons (Fsp3) is 0.0870. The van der Waals surface area contributed by atoms with E-state index in [4.69, 9.17) is 4.98 Å². The molecular weight excluding hydrogens is 426 g/mol. The molecule has 3 aromatic carbocycles. The van der Waals surface area contributed by atoms with Crippen LogP contribution in [-0.2, 0) is 0 Å². The lowest BCUT2D eigenvalue weighted by Crippen LogP contribution is -2.08. The number of anilines is 2. The third-order valence-corrected chi connectivity index (χ3v) is 4.99. The SMILES string of the molecule is CN(C)c1ccc(/C=N\Nc2nc(-c3ccccc3)c3cc(Br)ccc3n2)cc1. The summed E-state index contributed by atoms with van der Waals surface area (Å²) in [4.78, 5) is 11.4. The molecule has 1 heterocycles. The highest BCUT2D eigenvalue weighted by Crippen LogP contribution is 2.29. The van der Waals surface area contributed by atoms with Crippen molar-refractivity contribution >= 4 is 44.7 Å². The molecule has 1 aromatic heterocycles. The van der Waals surface area contributed by atoms with Gasteiger partial charge in [0.1, 0.15) is 0 Å². The van der Waals surface area contributed by atoms with Crippen molar-refractivity contribution in [2.75, 3.05) is 24.4 Å². The first kappa shape index (κ1) is 19.1. The number of halogens is 1. The van der Waals surface area contributed by atoms with E-state index in [0.717, 1.165) is 37.9 Å². The van der Waals surface area contributed by atoms with Crippen LogP contribution in [-0.4, -0.2) is 30.3 Å². The summed E-state index contributed by atoms with van der Waals surface area (Å²) in [6.45, 7) is 0. The third-order valence-electron chi connectivity index (χ3n) is 4.49. The minimum Gasteiger partial charge on any atom is -0.378 e. The Bertz CT molecular complexity index is 1160. The van der Waals surface area contributed by atoms with Gasteiger partial charge in [-0.05, 0) is 35.9 Å². The zero-order valence-electron chi connectivity index (χ0n) is 16.2. The summed E-state index contributed by atoms with van der Waals surface area (Å²) in [5.41, 5.74) is 7.87. The normalized spacial score (nSPS) is 11.1. The second kappa shape index (κ2) is 8.41. The average molecular weight is 446 g/mol. The molecule has 4 aromatic rings. The fourth-order valence-corrected chi connectivity index (χ4v) is 3.35. The van der Waals surface area contributed by atoms with E-state index < -0.39 is 0 Å². The van der Waals surface area contributed by atoms with E-state index in [0.29, 0.717) is 5.95 Å². The average Bonchev–Trinajstić information content (AvgIpc) is 2.74. The highest BCUT2D eigenvalue weighted by Gasteiger charge is 2.10. The van der Waals surface area contributed by atoms with Crippen molar-refractivity contribution < 1.29 is 0 Å². The van der Waals surface area contributed by atoms with Gasteiger partial charge in [0.15, 0.2) is 0 Å². The lowest BCUT2D eigenvalue weighted by molar-refractivity contribution is 1.13. The summed E-state index contributed by atoms with van der Waals surface area (Å²) in [5.74, 6) is 0.458. The van der Waals surface area contributed by atoms with Crippen LogP contribution in [0.5, 0.6) is 0 Å². The van der Waals surface area contributed by atoms with Gasteiger partial charge in [-0.25, -0.2) is 15.4 Å². The molecule has 1 N–H and O–H groups in total. The molecule has 0 fully saturated rings. The number of benzene rings is 3. The van der Waals surface area contributed by atoms with Gasteiger partial charge in [0, 0.05) is 35.2 Å². The number of hydrazone groups is 1. The topological polar surface area (TPSA) is 53.4 Å². The highest BCUT2D eigenvalue weighted by molar-refractivity contribution is 9.10. The Morgan fingerprint density at radius 1 is 0.931 bits per heavy atom. The van der Waals surface area contributed by atoms with E-state index in [9.17, 15) is 0 Å². The number of rotatable bonds is 5. The van der Waals surface area contributed by atoms with Crippen molar-refractivity contribution in [3.63, 3.8) is 0 Å². The smallest absolute Gasteiger partial charge is 0.244 e. The first-order valence-corrected chi connectivity index (χ1v) is 9.99. The van der Waals surface area contributed by atoms with E-state index in [1.165, 1.54) is 0 Å². The van der Waals surface area contributed by atoms with Gasteiger partial charge in [0.25, 0.3) is 0 Å². The Morgan fingerprint density at radius 3 is 2.41 bits per heavy atom. The largest absolute Gasteiger partial charge is 0.378 e. The second-order valence-corrected chi connectivity index (χ2v) is 7.69. The lowest BCUT2D eigenvalue weighted by atomic mass is 10.1. The van der Waals surface area contributed by atoms with Crippen molar-refractivity contribution in [2.45, 2.75) is 0 Å². The zero-order chi connectivity index (χ0) is 20.2. The monoisotopic (exact) mass is 445 g/mol. The molecule has 0 saturated heterocycles. The predicted molar refractivity (Wildman–Crippen MR) is 125 cm³/mol. The molecule has 0 radical (unpaired) electrons. The van der Waals surface area contributed by atoms with Crippen LogP contribution in [0.25, 0.3) is 22.2 Å². The van der Waals surface area contributed by atoms with Gasteiger partial charge in [-0.1, -0.05) is 58.4 Å². The Hall–Kier alpha value is -3.25. The van der Waals surface area contributed by atoms with E-state index in [1.54, 1.807) is 6.21 Å².